The van der Waals surface area contributed by atoms with Gasteiger partial charge in [-0.2, -0.15) is 0 Å². The molecule has 21 heavy (non-hydrogen) atoms. The molecule has 1 heterocycles. The van der Waals surface area contributed by atoms with Gasteiger partial charge in [-0.05, 0) is 38.4 Å². The molecule has 1 aromatic carbocycles. The average molecular weight is 402 g/mol. The molecule has 0 spiro atoms. The van der Waals surface area contributed by atoms with Crippen LogP contribution in [0.4, 0.5) is 0 Å². The van der Waals surface area contributed by atoms with E-state index in [1.54, 1.807) is 0 Å². The number of nitrogens with one attached hydrogen (secondary N) is 2. The van der Waals surface area contributed by atoms with Gasteiger partial charge in [0.2, 0.25) is 0 Å². The van der Waals surface area contributed by atoms with Crippen molar-refractivity contribution >= 4 is 29.9 Å². The van der Waals surface area contributed by atoms with Gasteiger partial charge >= 0.3 is 0 Å². The minimum atomic E-state index is 0. The predicted molar refractivity (Wildman–Crippen MR) is 100 cm³/mol. The lowest BCUT2D eigenvalue weighted by atomic mass is 10.1. The second-order valence-corrected chi connectivity index (χ2v) is 5.71. The third-order valence-corrected chi connectivity index (χ3v) is 3.81. The Labute approximate surface area is 145 Å². The summed E-state index contributed by atoms with van der Waals surface area (Å²) in [5, 5.41) is 6.80. The Kier molecular flexibility index (Phi) is 8.03. The largest absolute Gasteiger partial charge is 0.356 e. The molecule has 0 radical (unpaired) electrons. The summed E-state index contributed by atoms with van der Waals surface area (Å²) < 4.78 is 0. The van der Waals surface area contributed by atoms with Crippen LogP contribution in [-0.2, 0) is 6.54 Å². The summed E-state index contributed by atoms with van der Waals surface area (Å²) in [5.74, 6) is 1.62. The number of rotatable bonds is 4. The van der Waals surface area contributed by atoms with E-state index in [1.807, 2.05) is 7.05 Å². The van der Waals surface area contributed by atoms with Gasteiger partial charge in [0.15, 0.2) is 5.96 Å². The molecule has 0 saturated carbocycles. The molecule has 2 rings (SSSR count). The van der Waals surface area contributed by atoms with Gasteiger partial charge in [0, 0.05) is 26.7 Å². The van der Waals surface area contributed by atoms with E-state index in [1.165, 1.54) is 30.6 Å². The van der Waals surface area contributed by atoms with Crippen molar-refractivity contribution < 1.29 is 0 Å². The molecule has 0 bridgehead atoms. The second-order valence-electron chi connectivity index (χ2n) is 5.71. The normalized spacial score (nSPS) is 19.2. The fraction of sp³-hybridized carbons (Fsp3) is 0.562. The number of hydrogen-bond donors (Lipinski definition) is 2. The van der Waals surface area contributed by atoms with Crippen molar-refractivity contribution in [3.63, 3.8) is 0 Å². The van der Waals surface area contributed by atoms with Crippen LogP contribution in [0.3, 0.4) is 0 Å². The molecule has 5 heteroatoms. The molecule has 1 aliphatic heterocycles. The topological polar surface area (TPSA) is 39.7 Å². The van der Waals surface area contributed by atoms with Gasteiger partial charge in [-0.15, -0.1) is 24.0 Å². The minimum Gasteiger partial charge on any atom is -0.356 e. The third-order valence-electron chi connectivity index (χ3n) is 3.81. The smallest absolute Gasteiger partial charge is 0.191 e. The Hall–Kier alpha value is -0.820. The van der Waals surface area contributed by atoms with E-state index >= 15 is 0 Å². The van der Waals surface area contributed by atoms with Crippen molar-refractivity contribution in [3.05, 3.63) is 35.4 Å². The van der Waals surface area contributed by atoms with E-state index in [9.17, 15) is 0 Å². The van der Waals surface area contributed by atoms with Crippen LogP contribution in [0.2, 0.25) is 0 Å². The van der Waals surface area contributed by atoms with Gasteiger partial charge < -0.3 is 15.5 Å². The number of hydrogen-bond acceptors (Lipinski definition) is 2. The second kappa shape index (κ2) is 9.25. The van der Waals surface area contributed by atoms with Gasteiger partial charge in [0.05, 0.1) is 0 Å². The van der Waals surface area contributed by atoms with E-state index in [-0.39, 0.29) is 24.0 Å². The number of aryl methyl sites for hydroxylation is 1. The van der Waals surface area contributed by atoms with Crippen LogP contribution in [0.1, 0.15) is 17.5 Å². The first-order chi connectivity index (χ1) is 9.67. The average Bonchev–Trinajstić information content (AvgIpc) is 2.85. The fourth-order valence-corrected chi connectivity index (χ4v) is 2.66. The first kappa shape index (κ1) is 18.2. The Morgan fingerprint density at radius 1 is 1.38 bits per heavy atom. The fourth-order valence-electron chi connectivity index (χ4n) is 2.66. The molecule has 4 nitrogen and oxygen atoms in total. The van der Waals surface area contributed by atoms with E-state index in [0.29, 0.717) is 0 Å². The molecule has 0 aromatic heterocycles. The molecule has 118 valence electrons. The number of benzene rings is 1. The number of guanidine groups is 1. The van der Waals surface area contributed by atoms with E-state index in [0.717, 1.165) is 25.0 Å². The van der Waals surface area contributed by atoms with E-state index in [2.05, 4.69) is 58.8 Å². The number of aliphatic imine (C=N–C) groups is 1. The van der Waals surface area contributed by atoms with Crippen molar-refractivity contribution in [1.29, 1.82) is 0 Å². The molecule has 0 aliphatic carbocycles. The Morgan fingerprint density at radius 3 is 2.81 bits per heavy atom. The lowest BCUT2D eigenvalue weighted by Gasteiger charge is -2.15. The number of nitrogens with zero attached hydrogens (tertiary/aromatic N) is 2. The molecule has 2 N–H and O–H groups in total. The monoisotopic (exact) mass is 402 g/mol. The molecular weight excluding hydrogens is 375 g/mol. The van der Waals surface area contributed by atoms with Gasteiger partial charge in [-0.25, -0.2) is 0 Å². The summed E-state index contributed by atoms with van der Waals surface area (Å²) in [6, 6.07) is 8.55. The Morgan fingerprint density at radius 2 is 2.19 bits per heavy atom. The van der Waals surface area contributed by atoms with Crippen LogP contribution in [0, 0.1) is 12.8 Å². The first-order valence-electron chi connectivity index (χ1n) is 7.36. The summed E-state index contributed by atoms with van der Waals surface area (Å²) >= 11 is 0. The maximum absolute atomic E-state index is 4.29. The van der Waals surface area contributed by atoms with E-state index < -0.39 is 0 Å². The van der Waals surface area contributed by atoms with Crippen molar-refractivity contribution in [1.82, 2.24) is 15.5 Å². The van der Waals surface area contributed by atoms with Crippen LogP contribution >= 0.6 is 24.0 Å². The first-order valence-corrected chi connectivity index (χ1v) is 7.36. The van der Waals surface area contributed by atoms with Crippen molar-refractivity contribution in [2.45, 2.75) is 19.9 Å². The Balaban J connectivity index is 0.00000220. The van der Waals surface area contributed by atoms with Crippen molar-refractivity contribution in [2.24, 2.45) is 10.9 Å². The number of halogens is 1. The van der Waals surface area contributed by atoms with Crippen LogP contribution in [0.5, 0.6) is 0 Å². The Bertz CT molecular complexity index is 461. The highest BCUT2D eigenvalue weighted by Gasteiger charge is 2.19. The number of likely N-dealkylation sites (tertiary alicyclic amines) is 1. The van der Waals surface area contributed by atoms with Gasteiger partial charge in [0.25, 0.3) is 0 Å². The van der Waals surface area contributed by atoms with Gasteiger partial charge in [0.1, 0.15) is 0 Å². The van der Waals surface area contributed by atoms with Gasteiger partial charge in [-0.3, -0.25) is 4.99 Å². The zero-order valence-electron chi connectivity index (χ0n) is 13.2. The summed E-state index contributed by atoms with van der Waals surface area (Å²) in [6.07, 6.45) is 1.28. The maximum atomic E-state index is 4.29. The molecule has 1 aromatic rings. The van der Waals surface area contributed by atoms with Crippen molar-refractivity contribution in [2.75, 3.05) is 33.7 Å². The lowest BCUT2D eigenvalue weighted by Crippen LogP contribution is -2.39. The SMILES string of the molecule is CN=C(NCc1cccc(C)c1)NCC1CCN(C)C1.I. The zero-order valence-corrected chi connectivity index (χ0v) is 15.6. The predicted octanol–water partition coefficient (Wildman–Crippen LogP) is 2.23. The van der Waals surface area contributed by atoms with E-state index in [4.69, 9.17) is 0 Å². The maximum Gasteiger partial charge on any atom is 0.191 e. The molecule has 1 aliphatic rings. The summed E-state index contributed by atoms with van der Waals surface area (Å²) in [5.41, 5.74) is 2.58. The molecule has 1 atom stereocenters. The summed E-state index contributed by atoms with van der Waals surface area (Å²) in [6.45, 7) is 6.32. The zero-order chi connectivity index (χ0) is 14.4. The molecule has 1 saturated heterocycles. The highest BCUT2D eigenvalue weighted by atomic mass is 127. The molecular formula is C16H27IN4. The highest BCUT2D eigenvalue weighted by molar-refractivity contribution is 14.0. The highest BCUT2D eigenvalue weighted by Crippen LogP contribution is 2.12. The lowest BCUT2D eigenvalue weighted by molar-refractivity contribution is 0.394. The molecule has 1 fully saturated rings. The minimum absolute atomic E-state index is 0. The third kappa shape index (κ3) is 6.22. The van der Waals surface area contributed by atoms with Crippen LogP contribution in [0.15, 0.2) is 29.3 Å². The molecule has 0 amide bonds. The summed E-state index contributed by atoms with van der Waals surface area (Å²) in [7, 11) is 4.01. The standard InChI is InChI=1S/C16H26N4.HI/c1-13-5-4-6-14(9-13)10-18-16(17-2)19-11-15-7-8-20(3)12-15;/h4-6,9,15H,7-8,10-12H2,1-3H3,(H2,17,18,19);1H. The van der Waals surface area contributed by atoms with Gasteiger partial charge in [-0.1, -0.05) is 29.8 Å². The quantitative estimate of drug-likeness (QED) is 0.461. The summed E-state index contributed by atoms with van der Waals surface area (Å²) in [4.78, 5) is 6.67. The van der Waals surface area contributed by atoms with Crippen LogP contribution in [0.25, 0.3) is 0 Å². The van der Waals surface area contributed by atoms with Crippen molar-refractivity contribution in [3.8, 4) is 0 Å². The molecule has 1 unspecified atom stereocenters. The van der Waals surface area contributed by atoms with Crippen LogP contribution in [-0.4, -0.2) is 44.6 Å². The van der Waals surface area contributed by atoms with Crippen LogP contribution < -0.4 is 10.6 Å².